The van der Waals surface area contributed by atoms with E-state index in [0.29, 0.717) is 4.88 Å². The molecule has 0 saturated heterocycles. The zero-order chi connectivity index (χ0) is 20.2. The van der Waals surface area contributed by atoms with E-state index in [9.17, 15) is 9.90 Å². The molecule has 0 radical (unpaired) electrons. The Morgan fingerprint density at radius 2 is 1.83 bits per heavy atom. The van der Waals surface area contributed by atoms with E-state index in [4.69, 9.17) is 4.74 Å². The lowest BCUT2D eigenvalue weighted by molar-refractivity contribution is 0.0702. The number of anilines is 2. The van der Waals surface area contributed by atoms with Gasteiger partial charge in [-0.25, -0.2) is 9.78 Å². The zero-order valence-corrected chi connectivity index (χ0v) is 17.7. The number of nitrogens with one attached hydrogen (secondary N) is 1. The van der Waals surface area contributed by atoms with Gasteiger partial charge in [-0.3, -0.25) is 0 Å². The van der Waals surface area contributed by atoms with Crippen molar-refractivity contribution in [2.24, 2.45) is 0 Å². The highest BCUT2D eigenvalue weighted by atomic mass is 32.2. The minimum absolute atomic E-state index is 0.320. The lowest BCUT2D eigenvalue weighted by atomic mass is 10.2. The molecule has 0 spiro atoms. The van der Waals surface area contributed by atoms with E-state index >= 15 is 0 Å². The first-order valence-corrected chi connectivity index (χ1v) is 11.5. The van der Waals surface area contributed by atoms with Crippen LogP contribution in [0.2, 0.25) is 0 Å². The van der Waals surface area contributed by atoms with Crippen molar-refractivity contribution in [2.45, 2.75) is 4.21 Å². The normalized spacial score (nSPS) is 10.7. The first-order valence-electron chi connectivity index (χ1n) is 8.59. The van der Waals surface area contributed by atoms with Crippen molar-refractivity contribution in [1.82, 2.24) is 4.98 Å². The average molecular weight is 441 g/mol. The van der Waals surface area contributed by atoms with E-state index in [2.05, 4.69) is 10.3 Å². The summed E-state index contributed by atoms with van der Waals surface area (Å²) in [5.74, 6) is 0.632. The Bertz CT molecular complexity index is 1120. The molecule has 5 nitrogen and oxygen atoms in total. The number of aromatic nitrogens is 1. The molecule has 0 fully saturated rings. The fourth-order valence-corrected chi connectivity index (χ4v) is 5.07. The largest absolute Gasteiger partial charge is 0.477 e. The van der Waals surface area contributed by atoms with E-state index in [-0.39, 0.29) is 0 Å². The van der Waals surface area contributed by atoms with Gasteiger partial charge in [-0.05, 0) is 48.7 Å². The molecule has 4 rings (SSSR count). The molecule has 29 heavy (non-hydrogen) atoms. The van der Waals surface area contributed by atoms with Gasteiger partial charge in [-0.2, -0.15) is 0 Å². The fraction of sp³-hybridized carbons (Fsp3) is 0.0476. The lowest BCUT2D eigenvalue weighted by Crippen LogP contribution is -1.91. The van der Waals surface area contributed by atoms with Crippen molar-refractivity contribution in [3.63, 3.8) is 0 Å². The van der Waals surface area contributed by atoms with Crippen molar-refractivity contribution < 1.29 is 14.6 Å². The van der Waals surface area contributed by atoms with Crippen LogP contribution < -0.4 is 10.1 Å². The summed E-state index contributed by atoms with van der Waals surface area (Å²) in [6.07, 6.45) is 1.94. The Balaban J connectivity index is 1.47. The predicted molar refractivity (Wildman–Crippen MR) is 120 cm³/mol. The number of hydrogen-bond donors (Lipinski definition) is 2. The summed E-state index contributed by atoms with van der Waals surface area (Å²) in [6, 6.07) is 19.0. The molecule has 0 unspecified atom stereocenters. The molecule has 2 aromatic heterocycles. The topological polar surface area (TPSA) is 71.5 Å². The third kappa shape index (κ3) is 4.61. The van der Waals surface area contributed by atoms with Crippen LogP contribution >= 0.6 is 34.4 Å². The van der Waals surface area contributed by atoms with Crippen LogP contribution in [0.5, 0.6) is 11.5 Å². The Hall–Kier alpha value is -2.81. The average Bonchev–Trinajstić information content (AvgIpc) is 3.37. The maximum atomic E-state index is 11.3. The molecule has 146 valence electrons. The number of rotatable bonds is 7. The van der Waals surface area contributed by atoms with Crippen molar-refractivity contribution >= 4 is 51.2 Å². The maximum Gasteiger partial charge on any atom is 0.345 e. The molecule has 4 aromatic rings. The molecule has 0 amide bonds. The molecule has 2 N–H and O–H groups in total. The van der Waals surface area contributed by atoms with Gasteiger partial charge in [0, 0.05) is 16.6 Å². The molecule has 2 heterocycles. The highest BCUT2D eigenvalue weighted by Gasteiger charge is 2.17. The number of thiazole rings is 1. The predicted octanol–water partition coefficient (Wildman–Crippen LogP) is 6.83. The number of carbonyl (C=O) groups is 1. The SMILES string of the molecule is CSc1sc(C(=O)O)cc1-c1csc(Nc2ccc(Oc3ccccc3)cc2)n1. The zero-order valence-electron chi connectivity index (χ0n) is 15.3. The van der Waals surface area contributed by atoms with Gasteiger partial charge in [0.25, 0.3) is 0 Å². The number of carboxylic acids is 1. The van der Waals surface area contributed by atoms with Crippen LogP contribution in [0.1, 0.15) is 9.67 Å². The minimum Gasteiger partial charge on any atom is -0.477 e. The Kier molecular flexibility index (Phi) is 5.84. The standard InChI is InChI=1S/C21H16N2O3S3/c1-27-20-16(11-18(29-20)19(24)25)17-12-28-21(23-17)22-13-7-9-15(10-8-13)26-14-5-3-2-4-6-14/h2-12H,1H3,(H,22,23)(H,24,25). The quantitative estimate of drug-likeness (QED) is 0.307. The minimum atomic E-state index is -0.914. The van der Waals surface area contributed by atoms with Gasteiger partial charge >= 0.3 is 5.97 Å². The van der Waals surface area contributed by atoms with Gasteiger partial charge in [0.2, 0.25) is 0 Å². The number of thiophene rings is 1. The van der Waals surface area contributed by atoms with Gasteiger partial charge in [-0.15, -0.1) is 34.4 Å². The van der Waals surface area contributed by atoms with E-state index in [0.717, 1.165) is 37.8 Å². The summed E-state index contributed by atoms with van der Waals surface area (Å²) in [5.41, 5.74) is 2.53. The number of hydrogen-bond acceptors (Lipinski definition) is 7. The van der Waals surface area contributed by atoms with Crippen molar-refractivity contribution in [1.29, 1.82) is 0 Å². The number of aromatic carboxylic acids is 1. The summed E-state index contributed by atoms with van der Waals surface area (Å²) in [5, 5.41) is 15.2. The Labute approximate surface area is 180 Å². The molecule has 0 aliphatic rings. The molecule has 0 saturated carbocycles. The Morgan fingerprint density at radius 1 is 1.10 bits per heavy atom. The van der Waals surface area contributed by atoms with Crippen LogP contribution in [0, 0.1) is 0 Å². The van der Waals surface area contributed by atoms with Gasteiger partial charge in [0.15, 0.2) is 5.13 Å². The molecule has 0 aliphatic carbocycles. The molecule has 8 heteroatoms. The van der Waals surface area contributed by atoms with Crippen LogP contribution in [0.25, 0.3) is 11.3 Å². The van der Waals surface area contributed by atoms with E-state index in [1.54, 1.807) is 6.07 Å². The van der Waals surface area contributed by atoms with Gasteiger partial charge in [0.1, 0.15) is 16.4 Å². The maximum absolute atomic E-state index is 11.3. The molecule has 0 aliphatic heterocycles. The van der Waals surface area contributed by atoms with Gasteiger partial charge in [-0.1, -0.05) is 18.2 Å². The highest BCUT2D eigenvalue weighted by molar-refractivity contribution is 8.00. The second-order valence-corrected chi connectivity index (χ2v) is 8.91. The van der Waals surface area contributed by atoms with Crippen LogP contribution in [0.4, 0.5) is 10.8 Å². The number of carboxylic acid groups (broad SMARTS) is 1. The number of nitrogens with zero attached hydrogens (tertiary/aromatic N) is 1. The van der Waals surface area contributed by atoms with E-state index in [1.807, 2.05) is 66.2 Å². The molecule has 0 bridgehead atoms. The molecular formula is C21H16N2O3S3. The second kappa shape index (κ2) is 8.69. The summed E-state index contributed by atoms with van der Waals surface area (Å²) in [4.78, 5) is 16.2. The number of thioether (sulfide) groups is 1. The highest BCUT2D eigenvalue weighted by Crippen LogP contribution is 2.39. The summed E-state index contributed by atoms with van der Waals surface area (Å²) in [6.45, 7) is 0. The fourth-order valence-electron chi connectivity index (χ4n) is 2.62. The molecule has 2 aromatic carbocycles. The van der Waals surface area contributed by atoms with Crippen molar-refractivity contribution in [3.05, 3.63) is 70.9 Å². The number of benzene rings is 2. The molecular weight excluding hydrogens is 424 g/mol. The van der Waals surface area contributed by atoms with E-state index < -0.39 is 5.97 Å². The van der Waals surface area contributed by atoms with Crippen LogP contribution in [0.3, 0.4) is 0 Å². The third-order valence-electron chi connectivity index (χ3n) is 3.96. The van der Waals surface area contributed by atoms with Crippen LogP contribution in [-0.4, -0.2) is 22.3 Å². The third-order valence-corrected chi connectivity index (χ3v) is 6.97. The summed E-state index contributed by atoms with van der Waals surface area (Å²) >= 11 is 4.28. The first-order chi connectivity index (χ1) is 14.1. The summed E-state index contributed by atoms with van der Waals surface area (Å²) in [7, 11) is 0. The van der Waals surface area contributed by atoms with Gasteiger partial charge < -0.3 is 15.2 Å². The molecule has 0 atom stereocenters. The van der Waals surface area contributed by atoms with Crippen molar-refractivity contribution in [2.75, 3.05) is 11.6 Å². The van der Waals surface area contributed by atoms with Crippen LogP contribution in [-0.2, 0) is 0 Å². The number of para-hydroxylation sites is 1. The monoisotopic (exact) mass is 440 g/mol. The summed E-state index contributed by atoms with van der Waals surface area (Å²) < 4.78 is 6.75. The van der Waals surface area contributed by atoms with Crippen molar-refractivity contribution in [3.8, 4) is 22.8 Å². The number of ether oxygens (including phenoxy) is 1. The Morgan fingerprint density at radius 3 is 2.52 bits per heavy atom. The smallest absolute Gasteiger partial charge is 0.345 e. The van der Waals surface area contributed by atoms with Gasteiger partial charge in [0.05, 0.1) is 9.90 Å². The first kappa shape index (κ1) is 19.5. The van der Waals surface area contributed by atoms with Crippen LogP contribution in [0.15, 0.2) is 70.3 Å². The van der Waals surface area contributed by atoms with E-state index in [1.165, 1.54) is 34.4 Å². The second-order valence-electron chi connectivity index (χ2n) is 5.92. The lowest BCUT2D eigenvalue weighted by Gasteiger charge is -2.07.